The first-order valence-corrected chi connectivity index (χ1v) is 1.60. The number of rotatable bonds is 0. The minimum Gasteiger partial charge on any atom is -0.325 e. The van der Waals surface area contributed by atoms with Gasteiger partial charge in [0.05, 0.1) is 0 Å². The Kier molecular flexibility index (Phi) is 0.426. The molecule has 1 aliphatic rings. The van der Waals surface area contributed by atoms with Crippen LogP contribution in [0.15, 0.2) is 0 Å². The lowest BCUT2D eigenvalue weighted by molar-refractivity contribution is 0.229. The van der Waals surface area contributed by atoms with E-state index >= 15 is 0 Å². The van der Waals surface area contributed by atoms with Crippen molar-refractivity contribution < 1.29 is 9.13 Å². The predicted octanol–water partition coefficient (Wildman–Crippen LogP) is 0.879. The van der Waals surface area contributed by atoms with Gasteiger partial charge in [-0.05, 0) is 11.6 Å². The lowest BCUT2D eigenvalue weighted by Gasteiger charge is -1.72. The highest BCUT2D eigenvalue weighted by atomic mass is 35.5. The van der Waals surface area contributed by atoms with Gasteiger partial charge in [-0.15, -0.1) is 0 Å². The summed E-state index contributed by atoms with van der Waals surface area (Å²) >= 11 is 4.75. The Balaban J connectivity index is 2.38. The van der Waals surface area contributed by atoms with E-state index < -0.39 is 5.31 Å². The van der Waals surface area contributed by atoms with Crippen LogP contribution in [0.1, 0.15) is 0 Å². The van der Waals surface area contributed by atoms with Crippen molar-refractivity contribution in [3.05, 3.63) is 0 Å². The summed E-state index contributed by atoms with van der Waals surface area (Å²) < 4.78 is 15.3. The van der Waals surface area contributed by atoms with Gasteiger partial charge in [-0.25, -0.2) is 0 Å². The van der Waals surface area contributed by atoms with Gasteiger partial charge in [-0.2, -0.15) is 4.39 Å². The van der Waals surface area contributed by atoms with Crippen LogP contribution in [0, 0.1) is 0 Å². The molecule has 0 aromatic heterocycles. The third-order valence-electron chi connectivity index (χ3n) is 0.363. The van der Waals surface area contributed by atoms with E-state index in [9.17, 15) is 4.39 Å². The van der Waals surface area contributed by atoms with Crippen molar-refractivity contribution in [3.8, 4) is 0 Å². The summed E-state index contributed by atoms with van der Waals surface area (Å²) in [5.41, 5.74) is 0. The molecule has 1 saturated heterocycles. The minimum atomic E-state index is -1.78. The minimum absolute atomic E-state index is 0.0502. The number of hydrogen-bond acceptors (Lipinski definition) is 1. The molecule has 5 heavy (non-hydrogen) atoms. The highest BCUT2D eigenvalue weighted by Crippen LogP contribution is 2.32. The molecule has 1 unspecified atom stereocenters. The Labute approximate surface area is 33.7 Å². The molecular formula is C2H2ClFO. The fourth-order valence-electron chi connectivity index (χ4n) is 0.0546. The van der Waals surface area contributed by atoms with E-state index in [4.69, 9.17) is 11.6 Å². The second-order valence-electron chi connectivity index (χ2n) is 0.926. The topological polar surface area (TPSA) is 12.5 Å². The molecule has 1 heterocycles. The van der Waals surface area contributed by atoms with Gasteiger partial charge >= 0.3 is 5.31 Å². The number of ether oxygens (including phenoxy) is 1. The second kappa shape index (κ2) is 0.632. The summed E-state index contributed by atoms with van der Waals surface area (Å²) in [4.78, 5) is 0. The maximum absolute atomic E-state index is 11.3. The van der Waals surface area contributed by atoms with E-state index in [0.29, 0.717) is 0 Å². The Morgan fingerprint density at radius 3 is 2.20 bits per heavy atom. The molecule has 3 heteroatoms. The van der Waals surface area contributed by atoms with E-state index in [2.05, 4.69) is 4.74 Å². The largest absolute Gasteiger partial charge is 0.325 e. The van der Waals surface area contributed by atoms with Crippen molar-refractivity contribution >= 4 is 11.6 Å². The Hall–Kier alpha value is 0.180. The van der Waals surface area contributed by atoms with Crippen molar-refractivity contribution in [2.24, 2.45) is 0 Å². The third-order valence-corrected chi connectivity index (χ3v) is 0.581. The van der Waals surface area contributed by atoms with Crippen molar-refractivity contribution in [1.29, 1.82) is 0 Å². The summed E-state index contributed by atoms with van der Waals surface area (Å²) in [6.07, 6.45) is 0. The second-order valence-corrected chi connectivity index (χ2v) is 1.49. The van der Waals surface area contributed by atoms with Crippen LogP contribution in [-0.2, 0) is 4.74 Å². The average Bonchev–Trinajstić information content (AvgIpc) is 1.76. The average molecular weight is 96.5 g/mol. The van der Waals surface area contributed by atoms with Crippen LogP contribution >= 0.6 is 11.6 Å². The van der Waals surface area contributed by atoms with Crippen LogP contribution in [0.2, 0.25) is 0 Å². The lowest BCUT2D eigenvalue weighted by atomic mass is 10.9. The molecule has 0 spiro atoms. The zero-order chi connectivity index (χ0) is 3.91. The van der Waals surface area contributed by atoms with Crippen LogP contribution in [-0.4, -0.2) is 11.9 Å². The van der Waals surface area contributed by atoms with Gasteiger partial charge < -0.3 is 4.74 Å². The Bertz CT molecular complexity index is 47.6. The zero-order valence-electron chi connectivity index (χ0n) is 2.37. The molecular weight excluding hydrogens is 94.5 g/mol. The number of alkyl halides is 2. The predicted molar refractivity (Wildman–Crippen MR) is 15.6 cm³/mol. The maximum Gasteiger partial charge on any atom is 0.310 e. The van der Waals surface area contributed by atoms with Crippen molar-refractivity contribution in [2.75, 3.05) is 6.61 Å². The van der Waals surface area contributed by atoms with Crippen LogP contribution in [0.5, 0.6) is 0 Å². The molecule has 1 aliphatic heterocycles. The highest BCUT2D eigenvalue weighted by Gasteiger charge is 2.42. The van der Waals surface area contributed by atoms with Gasteiger partial charge in [0.25, 0.3) is 0 Å². The smallest absolute Gasteiger partial charge is 0.310 e. The van der Waals surface area contributed by atoms with Crippen molar-refractivity contribution in [1.82, 2.24) is 0 Å². The first-order valence-electron chi connectivity index (χ1n) is 1.22. The molecule has 0 aliphatic carbocycles. The van der Waals surface area contributed by atoms with Gasteiger partial charge in [-0.3, -0.25) is 0 Å². The van der Waals surface area contributed by atoms with Crippen molar-refractivity contribution in [2.45, 2.75) is 5.31 Å². The van der Waals surface area contributed by atoms with Crippen LogP contribution in [0.3, 0.4) is 0 Å². The molecule has 1 fully saturated rings. The van der Waals surface area contributed by atoms with E-state index in [1.807, 2.05) is 0 Å². The summed E-state index contributed by atoms with van der Waals surface area (Å²) in [7, 11) is 0. The number of epoxide rings is 1. The number of halogens is 2. The van der Waals surface area contributed by atoms with Crippen LogP contribution in [0.4, 0.5) is 4.39 Å². The first kappa shape index (κ1) is 3.37. The SMILES string of the molecule is FC1(Cl)CO1. The fraction of sp³-hybridized carbons (Fsp3) is 1.00. The third kappa shape index (κ3) is 0.740. The zero-order valence-corrected chi connectivity index (χ0v) is 3.13. The molecule has 0 aromatic rings. The van der Waals surface area contributed by atoms with Crippen LogP contribution in [0.25, 0.3) is 0 Å². The van der Waals surface area contributed by atoms with E-state index in [0.717, 1.165) is 0 Å². The summed E-state index contributed by atoms with van der Waals surface area (Å²) in [6, 6.07) is 0. The maximum atomic E-state index is 11.3. The van der Waals surface area contributed by atoms with Crippen molar-refractivity contribution in [3.63, 3.8) is 0 Å². The fourth-order valence-corrected chi connectivity index (χ4v) is 0.109. The summed E-state index contributed by atoms with van der Waals surface area (Å²) in [5, 5.41) is -1.78. The van der Waals surface area contributed by atoms with E-state index in [-0.39, 0.29) is 6.61 Å². The standard InChI is InChI=1S/C2H2ClFO/c3-2(4)1-5-2/h1H2. The monoisotopic (exact) mass is 96.0 g/mol. The highest BCUT2D eigenvalue weighted by molar-refractivity contribution is 6.23. The molecule has 1 nitrogen and oxygen atoms in total. The van der Waals surface area contributed by atoms with Gasteiger partial charge in [0.2, 0.25) is 0 Å². The molecule has 0 aromatic carbocycles. The van der Waals surface area contributed by atoms with Gasteiger partial charge in [0.1, 0.15) is 6.61 Å². The molecule has 1 rings (SSSR count). The summed E-state index contributed by atoms with van der Waals surface area (Å²) in [5.74, 6) is 0. The van der Waals surface area contributed by atoms with Gasteiger partial charge in [0.15, 0.2) is 0 Å². The Morgan fingerprint density at radius 2 is 2.20 bits per heavy atom. The molecule has 0 bridgehead atoms. The van der Waals surface area contributed by atoms with E-state index in [1.54, 1.807) is 0 Å². The Morgan fingerprint density at radius 1 is 2.00 bits per heavy atom. The number of hydrogen-bond donors (Lipinski definition) is 0. The molecule has 0 radical (unpaired) electrons. The van der Waals surface area contributed by atoms with E-state index in [1.165, 1.54) is 0 Å². The normalized spacial score (nSPS) is 49.2. The quantitative estimate of drug-likeness (QED) is 0.322. The molecule has 0 amide bonds. The molecule has 0 N–H and O–H groups in total. The molecule has 30 valence electrons. The van der Waals surface area contributed by atoms with Gasteiger partial charge in [0, 0.05) is 0 Å². The lowest BCUT2D eigenvalue weighted by Crippen LogP contribution is -1.80. The first-order chi connectivity index (χ1) is 2.21. The molecule has 1 atom stereocenters. The van der Waals surface area contributed by atoms with Crippen LogP contribution < -0.4 is 0 Å². The molecule has 0 saturated carbocycles. The van der Waals surface area contributed by atoms with Gasteiger partial charge in [-0.1, -0.05) is 0 Å². The summed E-state index contributed by atoms with van der Waals surface area (Å²) in [6.45, 7) is 0.0502.